The largest absolute Gasteiger partial charge is 0.339 e. The van der Waals surface area contributed by atoms with Crippen molar-refractivity contribution in [1.29, 1.82) is 0 Å². The van der Waals surface area contributed by atoms with Crippen molar-refractivity contribution in [1.82, 2.24) is 0 Å². The molecule has 0 aliphatic carbocycles. The van der Waals surface area contributed by atoms with Crippen molar-refractivity contribution in [3.8, 4) is 0 Å². The fourth-order valence-corrected chi connectivity index (χ4v) is 8.73. The molecule has 0 radical (unpaired) electrons. The summed E-state index contributed by atoms with van der Waals surface area (Å²) in [5.41, 5.74) is -2.44. The quantitative estimate of drug-likeness (QED) is 0.533. The topological polar surface area (TPSA) is 29.5 Å². The summed E-state index contributed by atoms with van der Waals surface area (Å²) in [6.07, 6.45) is 2.19. The maximum atomic E-state index is 9.97. The summed E-state index contributed by atoms with van der Waals surface area (Å²) < 4.78 is 5.31. The van der Waals surface area contributed by atoms with Crippen molar-refractivity contribution in [2.75, 3.05) is 18.1 Å². The molecule has 0 heterocycles. The van der Waals surface area contributed by atoms with E-state index in [1.54, 1.807) is 0 Å². The van der Waals surface area contributed by atoms with Crippen molar-refractivity contribution < 1.29 is 9.42 Å². The Hall–Kier alpha value is 0.920. The van der Waals surface area contributed by atoms with Crippen LogP contribution < -0.4 is 0 Å². The fourth-order valence-electron chi connectivity index (χ4n) is 1.13. The predicted octanol–water partition coefficient (Wildman–Crippen LogP) is 3.06. The van der Waals surface area contributed by atoms with E-state index in [0.717, 1.165) is 24.3 Å². The average Bonchev–Trinajstić information content (AvgIpc) is 2.04. The zero-order valence-electron chi connectivity index (χ0n) is 8.69. The summed E-state index contributed by atoms with van der Waals surface area (Å²) in [6.45, 7) is 6.70. The standard InChI is InChI=1S/C8H21O2PS2/c1-4-7-13(8-5-2)11(9,12)10-6-3/h13H,4-8H2,1-3H3,(H,9,12). The van der Waals surface area contributed by atoms with E-state index in [-0.39, 0.29) is 0 Å². The molecule has 13 heavy (non-hydrogen) atoms. The van der Waals surface area contributed by atoms with Crippen LogP contribution in [0.2, 0.25) is 0 Å². The average molecular weight is 244 g/mol. The van der Waals surface area contributed by atoms with Gasteiger partial charge in [0, 0.05) is 0 Å². The third-order valence-corrected chi connectivity index (χ3v) is 10.9. The first kappa shape index (κ1) is 13.9. The lowest BCUT2D eigenvalue weighted by Crippen LogP contribution is -1.97. The minimum absolute atomic E-state index is 0.451. The van der Waals surface area contributed by atoms with E-state index < -0.39 is 16.2 Å². The summed E-state index contributed by atoms with van der Waals surface area (Å²) in [5.74, 6) is 2.11. The molecule has 0 rings (SSSR count). The number of rotatable bonds is 7. The molecule has 0 saturated heterocycles. The molecular weight excluding hydrogens is 223 g/mol. The zero-order chi connectivity index (χ0) is 10.3. The molecule has 2 nitrogen and oxygen atoms in total. The minimum Gasteiger partial charge on any atom is -0.339 e. The van der Waals surface area contributed by atoms with Crippen LogP contribution in [0.4, 0.5) is 0 Å². The monoisotopic (exact) mass is 244 g/mol. The molecule has 5 heteroatoms. The Morgan fingerprint density at radius 3 is 2.00 bits per heavy atom. The van der Waals surface area contributed by atoms with E-state index in [0.29, 0.717) is 6.61 Å². The van der Waals surface area contributed by atoms with Crippen molar-refractivity contribution in [3.05, 3.63) is 0 Å². The summed E-state index contributed by atoms with van der Waals surface area (Å²) in [7, 11) is -0.451. The van der Waals surface area contributed by atoms with Gasteiger partial charge in [0.2, 0.25) is 5.69 Å². The van der Waals surface area contributed by atoms with Gasteiger partial charge in [-0.05, 0) is 43.1 Å². The highest BCUT2D eigenvalue weighted by molar-refractivity contribution is 8.76. The number of hydrogen-bond acceptors (Lipinski definition) is 2. The van der Waals surface area contributed by atoms with Crippen molar-refractivity contribution in [3.63, 3.8) is 0 Å². The molecule has 82 valence electrons. The molecule has 0 aromatic rings. The zero-order valence-corrected chi connectivity index (χ0v) is 11.3. The van der Waals surface area contributed by atoms with Gasteiger partial charge in [0.25, 0.3) is 0 Å². The van der Waals surface area contributed by atoms with Gasteiger partial charge in [-0.25, -0.2) is 0 Å². The minimum atomic E-state index is -2.44. The lowest BCUT2D eigenvalue weighted by atomic mass is 10.6. The SMILES string of the molecule is CCC[SH](CCC)P(O)(=S)OCC. The van der Waals surface area contributed by atoms with Crippen LogP contribution in [0.15, 0.2) is 0 Å². The van der Waals surface area contributed by atoms with Gasteiger partial charge in [0.15, 0.2) is 0 Å². The van der Waals surface area contributed by atoms with Crippen LogP contribution in [-0.2, 0) is 16.3 Å². The van der Waals surface area contributed by atoms with Gasteiger partial charge in [0.05, 0.1) is 6.61 Å². The van der Waals surface area contributed by atoms with E-state index in [4.69, 9.17) is 16.3 Å². The molecule has 1 N–H and O–H groups in total. The van der Waals surface area contributed by atoms with Gasteiger partial charge < -0.3 is 9.42 Å². The second kappa shape index (κ2) is 7.24. The van der Waals surface area contributed by atoms with E-state index in [1.165, 1.54) is 0 Å². The Morgan fingerprint density at radius 1 is 1.23 bits per heavy atom. The van der Waals surface area contributed by atoms with Crippen LogP contribution in [0.3, 0.4) is 0 Å². The maximum Gasteiger partial charge on any atom is 0.224 e. The molecule has 1 atom stereocenters. The molecular formula is C8H21O2PS2. The molecule has 0 amide bonds. The Bertz CT molecular complexity index is 170. The molecule has 0 aromatic heterocycles. The van der Waals surface area contributed by atoms with Gasteiger partial charge in [-0.15, -0.1) is 0 Å². The maximum absolute atomic E-state index is 9.97. The van der Waals surface area contributed by atoms with Crippen LogP contribution in [0.1, 0.15) is 33.6 Å². The van der Waals surface area contributed by atoms with Crippen LogP contribution in [0.25, 0.3) is 0 Å². The summed E-state index contributed by atoms with van der Waals surface area (Å²) >= 11 is 5.17. The van der Waals surface area contributed by atoms with Gasteiger partial charge >= 0.3 is 0 Å². The first-order valence-corrected chi connectivity index (χ1v) is 9.90. The second-order valence-corrected chi connectivity index (χ2v) is 11.6. The van der Waals surface area contributed by atoms with Crippen LogP contribution in [0.5, 0.6) is 0 Å². The first-order chi connectivity index (χ1) is 6.08. The molecule has 0 spiro atoms. The highest BCUT2D eigenvalue weighted by Gasteiger charge is 2.21. The van der Waals surface area contributed by atoms with E-state index in [9.17, 15) is 4.89 Å². The Balaban J connectivity index is 4.23. The highest BCUT2D eigenvalue weighted by Crippen LogP contribution is 2.67. The summed E-state index contributed by atoms with van der Waals surface area (Å²) in [4.78, 5) is 9.97. The van der Waals surface area contributed by atoms with Gasteiger partial charge in [-0.1, -0.05) is 13.8 Å². The number of hydrogen-bond donors (Lipinski definition) is 2. The molecule has 0 aliphatic rings. The van der Waals surface area contributed by atoms with Crippen LogP contribution in [0, 0.1) is 0 Å². The van der Waals surface area contributed by atoms with Crippen LogP contribution in [-0.4, -0.2) is 23.0 Å². The predicted molar refractivity (Wildman–Crippen MR) is 67.4 cm³/mol. The molecule has 0 saturated carbocycles. The first-order valence-electron chi connectivity index (χ1n) is 4.81. The Kier molecular flexibility index (Phi) is 7.76. The molecule has 0 aliphatic heterocycles. The van der Waals surface area contributed by atoms with Crippen molar-refractivity contribution in [2.24, 2.45) is 0 Å². The smallest absolute Gasteiger partial charge is 0.224 e. The lowest BCUT2D eigenvalue weighted by Gasteiger charge is -2.28. The van der Waals surface area contributed by atoms with Crippen LogP contribution >= 0.6 is 16.2 Å². The Labute approximate surface area is 89.3 Å². The lowest BCUT2D eigenvalue weighted by molar-refractivity contribution is 0.340. The van der Waals surface area contributed by atoms with Crippen molar-refractivity contribution in [2.45, 2.75) is 33.6 Å². The third-order valence-electron chi connectivity index (χ3n) is 1.62. The fraction of sp³-hybridized carbons (Fsp3) is 1.00. The molecule has 0 fully saturated rings. The molecule has 0 bridgehead atoms. The highest BCUT2D eigenvalue weighted by atomic mass is 32.9. The van der Waals surface area contributed by atoms with E-state index in [2.05, 4.69) is 13.8 Å². The van der Waals surface area contributed by atoms with E-state index >= 15 is 0 Å². The number of thiol groups is 1. The van der Waals surface area contributed by atoms with Gasteiger partial charge in [0.1, 0.15) is 0 Å². The van der Waals surface area contributed by atoms with Crippen molar-refractivity contribution >= 4 is 28.0 Å². The normalized spacial score (nSPS) is 16.8. The second-order valence-electron chi connectivity index (χ2n) is 2.86. The Morgan fingerprint density at radius 2 is 1.69 bits per heavy atom. The third kappa shape index (κ3) is 5.38. The molecule has 0 aromatic carbocycles. The van der Waals surface area contributed by atoms with E-state index in [1.807, 2.05) is 6.92 Å². The molecule has 1 unspecified atom stereocenters. The summed E-state index contributed by atoms with van der Waals surface area (Å²) in [6, 6.07) is 0. The van der Waals surface area contributed by atoms with Gasteiger partial charge in [-0.3, -0.25) is 0 Å². The van der Waals surface area contributed by atoms with Gasteiger partial charge in [-0.2, -0.15) is 10.5 Å². The summed E-state index contributed by atoms with van der Waals surface area (Å²) in [5, 5.41) is 0.